The molecule has 3 aliphatic rings. The van der Waals surface area contributed by atoms with E-state index in [4.69, 9.17) is 5.26 Å². The number of likely N-dealkylation sites (tertiary alicyclic amines) is 2. The van der Waals surface area contributed by atoms with E-state index in [-0.39, 0.29) is 17.5 Å². The molecule has 2 aromatic carbocycles. The maximum Gasteiger partial charge on any atom is 0.321 e. The van der Waals surface area contributed by atoms with E-state index in [0.29, 0.717) is 17.8 Å². The summed E-state index contributed by atoms with van der Waals surface area (Å²) in [6, 6.07) is 17.3. The number of benzene rings is 2. The fraction of sp³-hybridized carbons (Fsp3) is 0.588. The van der Waals surface area contributed by atoms with E-state index in [2.05, 4.69) is 40.1 Å². The predicted octanol–water partition coefficient (Wildman–Crippen LogP) is 6.48. The number of halogens is 1. The van der Waals surface area contributed by atoms with Gasteiger partial charge >= 0.3 is 5.97 Å². The van der Waals surface area contributed by atoms with Gasteiger partial charge in [-0.1, -0.05) is 62.1 Å². The van der Waals surface area contributed by atoms with E-state index in [9.17, 15) is 14.3 Å². The molecule has 0 amide bonds. The van der Waals surface area contributed by atoms with Gasteiger partial charge in [0.25, 0.3) is 0 Å². The second-order valence-electron chi connectivity index (χ2n) is 12.5. The summed E-state index contributed by atoms with van der Waals surface area (Å²) in [7, 11) is 0. The third kappa shape index (κ3) is 7.11. The molecule has 40 heavy (non-hydrogen) atoms. The van der Waals surface area contributed by atoms with Gasteiger partial charge < -0.3 is 10.0 Å². The highest BCUT2D eigenvalue weighted by molar-refractivity contribution is 5.74. The fourth-order valence-electron chi connectivity index (χ4n) is 7.69. The van der Waals surface area contributed by atoms with Crippen LogP contribution in [-0.2, 0) is 11.2 Å². The molecule has 5 rings (SSSR count). The second kappa shape index (κ2) is 13.7. The van der Waals surface area contributed by atoms with Crippen molar-refractivity contribution in [1.29, 1.82) is 5.26 Å². The summed E-state index contributed by atoms with van der Waals surface area (Å²) >= 11 is 0. The summed E-state index contributed by atoms with van der Waals surface area (Å²) in [5, 5.41) is 19.2. The second-order valence-corrected chi connectivity index (χ2v) is 12.5. The molecule has 3 fully saturated rings. The van der Waals surface area contributed by atoms with Gasteiger partial charge in [0.2, 0.25) is 0 Å². The molecule has 0 radical (unpaired) electrons. The Morgan fingerprint density at radius 3 is 2.45 bits per heavy atom. The summed E-state index contributed by atoms with van der Waals surface area (Å²) in [5.41, 5.74) is 2.43. The average molecular weight is 546 g/mol. The lowest BCUT2D eigenvalue weighted by molar-refractivity contribution is -0.145. The molecule has 1 saturated carbocycles. The summed E-state index contributed by atoms with van der Waals surface area (Å²) < 4.78 is 13.9. The van der Waals surface area contributed by atoms with Crippen LogP contribution in [0.2, 0.25) is 0 Å². The predicted molar refractivity (Wildman–Crippen MR) is 155 cm³/mol. The van der Waals surface area contributed by atoms with Crippen LogP contribution in [0, 0.1) is 34.9 Å². The third-order valence-corrected chi connectivity index (χ3v) is 9.87. The van der Waals surface area contributed by atoms with Crippen LogP contribution in [0.1, 0.15) is 80.4 Å². The monoisotopic (exact) mass is 545 g/mol. The molecule has 6 heteroatoms. The van der Waals surface area contributed by atoms with Crippen LogP contribution >= 0.6 is 0 Å². The summed E-state index contributed by atoms with van der Waals surface area (Å²) in [6.45, 7) is 4.94. The maximum absolute atomic E-state index is 13.9. The number of rotatable bonds is 10. The van der Waals surface area contributed by atoms with Crippen LogP contribution in [0.5, 0.6) is 0 Å². The minimum atomic E-state index is -0.635. The Morgan fingerprint density at radius 2 is 1.77 bits per heavy atom. The van der Waals surface area contributed by atoms with Gasteiger partial charge in [0.15, 0.2) is 0 Å². The summed E-state index contributed by atoms with van der Waals surface area (Å²) in [4.78, 5) is 17.4. The molecule has 2 saturated heterocycles. The zero-order valence-electron chi connectivity index (χ0n) is 23.7. The van der Waals surface area contributed by atoms with Gasteiger partial charge in [-0.2, -0.15) is 5.26 Å². The first-order valence-corrected chi connectivity index (χ1v) is 15.4. The van der Waals surface area contributed by atoms with Crippen molar-refractivity contribution < 1.29 is 14.3 Å². The minimum Gasteiger partial charge on any atom is -0.480 e. The van der Waals surface area contributed by atoms with Crippen LogP contribution < -0.4 is 0 Å². The quantitative estimate of drug-likeness (QED) is 0.370. The Morgan fingerprint density at radius 1 is 1.02 bits per heavy atom. The standard InChI is InChI=1S/C34H44FN3O2/c35-32-20-26(14-15-29(32)21-36)9-7-8-25-16-18-37(19-17-25)22-30-23-38(24-31(30)27-10-3-1-4-11-27)33(34(39)40)28-12-5-2-6-13-28/h1,3-4,10-11,14-15,20,25,28,30-31,33H,2,5-9,12-13,16-19,22-24H2,(H,39,40)/t30-,31+,33+/m0/s1. The first-order valence-electron chi connectivity index (χ1n) is 15.4. The van der Waals surface area contributed by atoms with Gasteiger partial charge in [0.05, 0.1) is 5.56 Å². The third-order valence-electron chi connectivity index (χ3n) is 9.87. The number of hydrogen-bond acceptors (Lipinski definition) is 4. The largest absolute Gasteiger partial charge is 0.480 e. The van der Waals surface area contributed by atoms with Gasteiger partial charge in [-0.25, -0.2) is 4.39 Å². The van der Waals surface area contributed by atoms with Gasteiger partial charge in [0, 0.05) is 25.6 Å². The molecular weight excluding hydrogens is 501 g/mol. The maximum atomic E-state index is 13.9. The van der Waals surface area contributed by atoms with E-state index in [1.54, 1.807) is 6.07 Å². The number of aliphatic carboxylic acids is 1. The van der Waals surface area contributed by atoms with Crippen molar-refractivity contribution in [3.63, 3.8) is 0 Å². The van der Waals surface area contributed by atoms with Crippen LogP contribution in [0.3, 0.4) is 0 Å². The van der Waals surface area contributed by atoms with Crippen molar-refractivity contribution in [1.82, 2.24) is 9.80 Å². The molecule has 5 nitrogen and oxygen atoms in total. The first-order chi connectivity index (χ1) is 19.5. The molecule has 2 aromatic rings. The Labute approximate surface area is 239 Å². The molecule has 0 spiro atoms. The number of hydrogen-bond donors (Lipinski definition) is 1. The number of carboxylic acids is 1. The van der Waals surface area contributed by atoms with Crippen molar-refractivity contribution in [2.75, 3.05) is 32.7 Å². The van der Waals surface area contributed by atoms with Crippen LogP contribution in [0.4, 0.5) is 4.39 Å². The SMILES string of the molecule is N#Cc1ccc(CCCC2CCN(C[C@H]3CN([C@@H](C(=O)O)C4CCCCC4)C[C@@H]3c3ccccc3)CC2)cc1F. The van der Waals surface area contributed by atoms with E-state index >= 15 is 0 Å². The Bertz CT molecular complexity index is 1150. The Hall–Kier alpha value is -2.75. The number of aryl methyl sites for hydroxylation is 1. The highest BCUT2D eigenvalue weighted by Crippen LogP contribution is 2.39. The molecule has 0 aromatic heterocycles. The zero-order valence-corrected chi connectivity index (χ0v) is 23.7. The lowest BCUT2D eigenvalue weighted by Gasteiger charge is -2.35. The molecule has 3 atom stereocenters. The lowest BCUT2D eigenvalue weighted by Crippen LogP contribution is -2.46. The summed E-state index contributed by atoms with van der Waals surface area (Å²) in [5.74, 6) is 0.739. The average Bonchev–Trinajstić information content (AvgIpc) is 3.38. The minimum absolute atomic E-state index is 0.114. The molecule has 214 valence electrons. The zero-order chi connectivity index (χ0) is 27.9. The smallest absolute Gasteiger partial charge is 0.321 e. The van der Waals surface area contributed by atoms with Crippen LogP contribution in [0.25, 0.3) is 0 Å². The normalized spacial score (nSPS) is 24.1. The van der Waals surface area contributed by atoms with Gasteiger partial charge in [-0.3, -0.25) is 9.69 Å². The van der Waals surface area contributed by atoms with Crippen molar-refractivity contribution in [2.45, 2.75) is 76.2 Å². The summed E-state index contributed by atoms with van der Waals surface area (Å²) in [6.07, 6.45) is 11.1. The highest BCUT2D eigenvalue weighted by atomic mass is 19.1. The van der Waals surface area contributed by atoms with E-state index in [1.165, 1.54) is 30.9 Å². The van der Waals surface area contributed by atoms with Crippen molar-refractivity contribution in [3.8, 4) is 6.07 Å². The number of carboxylic acid groups (broad SMARTS) is 1. The fourth-order valence-corrected chi connectivity index (χ4v) is 7.69. The first kappa shape index (κ1) is 28.8. The molecule has 0 unspecified atom stereocenters. The van der Waals surface area contributed by atoms with Crippen molar-refractivity contribution in [2.24, 2.45) is 17.8 Å². The highest BCUT2D eigenvalue weighted by Gasteiger charge is 2.43. The molecule has 2 aliphatic heterocycles. The number of piperidine rings is 1. The molecule has 1 N–H and O–H groups in total. The van der Waals surface area contributed by atoms with Crippen molar-refractivity contribution in [3.05, 3.63) is 71.0 Å². The van der Waals surface area contributed by atoms with E-state index in [1.807, 2.05) is 12.1 Å². The Kier molecular flexibility index (Phi) is 9.88. The van der Waals surface area contributed by atoms with E-state index in [0.717, 1.165) is 83.2 Å². The number of carbonyl (C=O) groups is 1. The molecule has 0 bridgehead atoms. The molecular formula is C34H44FN3O2. The Balaban J connectivity index is 1.15. The van der Waals surface area contributed by atoms with Gasteiger partial charge in [0.1, 0.15) is 17.9 Å². The van der Waals surface area contributed by atoms with Crippen LogP contribution in [0.15, 0.2) is 48.5 Å². The molecule has 1 aliphatic carbocycles. The van der Waals surface area contributed by atoms with Crippen LogP contribution in [-0.4, -0.2) is 59.6 Å². The van der Waals surface area contributed by atoms with Crippen molar-refractivity contribution >= 4 is 5.97 Å². The topological polar surface area (TPSA) is 67.6 Å². The molecule has 2 heterocycles. The van der Waals surface area contributed by atoms with Gasteiger partial charge in [-0.05, 0) is 92.6 Å². The van der Waals surface area contributed by atoms with E-state index < -0.39 is 11.8 Å². The number of nitriles is 1. The lowest BCUT2D eigenvalue weighted by atomic mass is 9.83. The van der Waals surface area contributed by atoms with Gasteiger partial charge in [-0.15, -0.1) is 0 Å². The number of nitrogens with zero attached hydrogens (tertiary/aromatic N) is 3.